The fraction of sp³-hybridized carbons (Fsp3) is 0.471. The largest absolute Gasteiger partial charge is 0.416 e. The van der Waals surface area contributed by atoms with Gasteiger partial charge in [-0.2, -0.15) is 13.2 Å². The standard InChI is InChI=1S/C17H21F3N6.HI/c1-21-16(22-10-15-24-23-14-4-3-9-26(14)15)25(2)11-12-5-7-13(8-6-12)17(18,19)20;/h5-8H,3-4,9-11H2,1-2H3,(H,21,22);1H. The lowest BCUT2D eigenvalue weighted by Gasteiger charge is -2.22. The van der Waals surface area contributed by atoms with Gasteiger partial charge >= 0.3 is 6.18 Å². The Bertz CT molecular complexity index is 785. The highest BCUT2D eigenvalue weighted by Crippen LogP contribution is 2.29. The van der Waals surface area contributed by atoms with Crippen LogP contribution in [0.2, 0.25) is 0 Å². The summed E-state index contributed by atoms with van der Waals surface area (Å²) < 4.78 is 40.0. The van der Waals surface area contributed by atoms with Crippen molar-refractivity contribution in [1.82, 2.24) is 25.0 Å². The molecule has 10 heteroatoms. The summed E-state index contributed by atoms with van der Waals surface area (Å²) in [6.07, 6.45) is -2.28. The number of rotatable bonds is 4. The molecule has 0 saturated heterocycles. The number of hydrogen-bond acceptors (Lipinski definition) is 3. The molecule has 2 aromatic rings. The lowest BCUT2D eigenvalue weighted by molar-refractivity contribution is -0.137. The van der Waals surface area contributed by atoms with Crippen molar-refractivity contribution in [2.24, 2.45) is 4.99 Å². The van der Waals surface area contributed by atoms with Gasteiger partial charge in [0.15, 0.2) is 11.8 Å². The number of fused-ring (bicyclic) bond motifs is 1. The Balaban J connectivity index is 0.00000261. The van der Waals surface area contributed by atoms with Crippen LogP contribution < -0.4 is 5.32 Å². The van der Waals surface area contributed by atoms with Gasteiger partial charge in [0.1, 0.15) is 5.82 Å². The summed E-state index contributed by atoms with van der Waals surface area (Å²) in [7, 11) is 3.50. The van der Waals surface area contributed by atoms with Crippen LogP contribution in [0.4, 0.5) is 13.2 Å². The van der Waals surface area contributed by atoms with Crippen LogP contribution in [0.3, 0.4) is 0 Å². The van der Waals surface area contributed by atoms with Crippen molar-refractivity contribution in [1.29, 1.82) is 0 Å². The molecule has 1 aliphatic rings. The monoisotopic (exact) mass is 494 g/mol. The van der Waals surface area contributed by atoms with Gasteiger partial charge in [-0.05, 0) is 24.1 Å². The van der Waals surface area contributed by atoms with Crippen LogP contribution >= 0.6 is 24.0 Å². The van der Waals surface area contributed by atoms with E-state index in [-0.39, 0.29) is 24.0 Å². The van der Waals surface area contributed by atoms with Crippen molar-refractivity contribution >= 4 is 29.9 Å². The topological polar surface area (TPSA) is 58.3 Å². The van der Waals surface area contributed by atoms with E-state index >= 15 is 0 Å². The summed E-state index contributed by atoms with van der Waals surface area (Å²) in [5.74, 6) is 2.51. The predicted octanol–water partition coefficient (Wildman–Crippen LogP) is 3.07. The molecule has 1 aromatic heterocycles. The molecular weight excluding hydrogens is 472 g/mol. The predicted molar refractivity (Wildman–Crippen MR) is 107 cm³/mol. The van der Waals surface area contributed by atoms with Crippen LogP contribution in [-0.4, -0.2) is 39.7 Å². The third kappa shape index (κ3) is 5.11. The third-order valence-electron chi connectivity index (χ3n) is 4.37. The molecule has 0 atom stereocenters. The smallest absolute Gasteiger partial charge is 0.349 e. The number of aryl methyl sites for hydroxylation is 1. The average Bonchev–Trinajstić information content (AvgIpc) is 3.19. The maximum Gasteiger partial charge on any atom is 0.416 e. The Hall–Kier alpha value is -1.85. The van der Waals surface area contributed by atoms with E-state index in [1.807, 2.05) is 11.9 Å². The van der Waals surface area contributed by atoms with Gasteiger partial charge in [-0.15, -0.1) is 34.2 Å². The maximum atomic E-state index is 12.6. The summed E-state index contributed by atoms with van der Waals surface area (Å²) in [4.78, 5) is 6.08. The maximum absolute atomic E-state index is 12.6. The normalized spacial score (nSPS) is 13.9. The zero-order valence-electron chi connectivity index (χ0n) is 15.1. The van der Waals surface area contributed by atoms with Crippen LogP contribution in [0.1, 0.15) is 29.2 Å². The van der Waals surface area contributed by atoms with Crippen molar-refractivity contribution in [2.45, 2.75) is 38.7 Å². The molecule has 2 heterocycles. The number of aromatic nitrogens is 3. The Morgan fingerprint density at radius 3 is 2.59 bits per heavy atom. The van der Waals surface area contributed by atoms with E-state index in [2.05, 4.69) is 25.1 Å². The van der Waals surface area contributed by atoms with Gasteiger partial charge in [0, 0.05) is 33.6 Å². The second-order valence-corrected chi connectivity index (χ2v) is 6.24. The summed E-state index contributed by atoms with van der Waals surface area (Å²) in [6, 6.07) is 5.16. The van der Waals surface area contributed by atoms with Gasteiger partial charge in [0.25, 0.3) is 0 Å². The molecule has 3 rings (SSSR count). The number of hydrogen-bond donors (Lipinski definition) is 1. The van der Waals surface area contributed by atoms with E-state index in [1.165, 1.54) is 12.1 Å². The number of nitrogens with zero attached hydrogens (tertiary/aromatic N) is 5. The van der Waals surface area contributed by atoms with E-state index < -0.39 is 11.7 Å². The van der Waals surface area contributed by atoms with Gasteiger partial charge in [0.05, 0.1) is 12.1 Å². The van der Waals surface area contributed by atoms with E-state index in [9.17, 15) is 13.2 Å². The van der Waals surface area contributed by atoms with Crippen molar-refractivity contribution < 1.29 is 13.2 Å². The molecule has 0 amide bonds. The summed E-state index contributed by atoms with van der Waals surface area (Å²) in [5.41, 5.74) is 0.124. The molecular formula is C17H22F3IN6. The molecule has 0 saturated carbocycles. The number of aliphatic imine (C=N–C) groups is 1. The second kappa shape index (κ2) is 8.89. The van der Waals surface area contributed by atoms with Crippen molar-refractivity contribution in [3.63, 3.8) is 0 Å². The first-order valence-electron chi connectivity index (χ1n) is 8.37. The van der Waals surface area contributed by atoms with Gasteiger partial charge in [0.2, 0.25) is 0 Å². The number of alkyl halides is 3. The minimum absolute atomic E-state index is 0. The molecule has 0 spiro atoms. The SMILES string of the molecule is CN=C(NCc1nnc2n1CCC2)N(C)Cc1ccc(C(F)(F)F)cc1.I. The Labute approximate surface area is 172 Å². The number of nitrogens with one attached hydrogen (secondary N) is 1. The van der Waals surface area contributed by atoms with E-state index in [4.69, 9.17) is 0 Å². The van der Waals surface area contributed by atoms with Gasteiger partial charge in [-0.3, -0.25) is 4.99 Å². The zero-order chi connectivity index (χ0) is 18.7. The molecule has 0 unspecified atom stereocenters. The van der Waals surface area contributed by atoms with Crippen molar-refractivity contribution in [3.05, 3.63) is 47.0 Å². The van der Waals surface area contributed by atoms with E-state index in [0.29, 0.717) is 19.0 Å². The quantitative estimate of drug-likeness (QED) is 0.404. The molecule has 0 fully saturated rings. The van der Waals surface area contributed by atoms with Gasteiger partial charge in [-0.25, -0.2) is 0 Å². The highest BCUT2D eigenvalue weighted by molar-refractivity contribution is 14.0. The van der Waals surface area contributed by atoms with Crippen molar-refractivity contribution in [3.8, 4) is 0 Å². The number of guanidine groups is 1. The molecule has 0 radical (unpaired) electrons. The summed E-state index contributed by atoms with van der Waals surface area (Å²) >= 11 is 0. The molecule has 1 aliphatic heterocycles. The lowest BCUT2D eigenvalue weighted by atomic mass is 10.1. The Morgan fingerprint density at radius 1 is 1.26 bits per heavy atom. The zero-order valence-corrected chi connectivity index (χ0v) is 17.5. The second-order valence-electron chi connectivity index (χ2n) is 6.24. The summed E-state index contributed by atoms with van der Waals surface area (Å²) in [5, 5.41) is 11.6. The lowest BCUT2D eigenvalue weighted by Crippen LogP contribution is -2.38. The Morgan fingerprint density at radius 2 is 1.96 bits per heavy atom. The van der Waals surface area contributed by atoms with E-state index in [0.717, 1.165) is 48.7 Å². The fourth-order valence-corrected chi connectivity index (χ4v) is 3.03. The third-order valence-corrected chi connectivity index (χ3v) is 4.37. The fourth-order valence-electron chi connectivity index (χ4n) is 3.03. The van der Waals surface area contributed by atoms with Crippen LogP contribution in [0, 0.1) is 0 Å². The molecule has 27 heavy (non-hydrogen) atoms. The molecule has 0 bridgehead atoms. The van der Waals surface area contributed by atoms with Crippen LogP contribution in [-0.2, 0) is 32.2 Å². The molecule has 1 N–H and O–H groups in total. The van der Waals surface area contributed by atoms with Crippen LogP contribution in [0.5, 0.6) is 0 Å². The molecule has 148 valence electrons. The first kappa shape index (κ1) is 21.5. The highest BCUT2D eigenvalue weighted by atomic mass is 127. The average molecular weight is 494 g/mol. The number of benzene rings is 1. The number of halogens is 4. The van der Waals surface area contributed by atoms with E-state index in [1.54, 1.807) is 7.05 Å². The molecule has 6 nitrogen and oxygen atoms in total. The van der Waals surface area contributed by atoms with Crippen LogP contribution in [0.25, 0.3) is 0 Å². The van der Waals surface area contributed by atoms with Gasteiger partial charge < -0.3 is 14.8 Å². The highest BCUT2D eigenvalue weighted by Gasteiger charge is 2.30. The first-order chi connectivity index (χ1) is 12.4. The summed E-state index contributed by atoms with van der Waals surface area (Å²) in [6.45, 7) is 1.87. The Kier molecular flexibility index (Phi) is 7.06. The molecule has 0 aliphatic carbocycles. The first-order valence-corrected chi connectivity index (χ1v) is 8.37. The minimum atomic E-state index is -4.32. The van der Waals surface area contributed by atoms with Crippen molar-refractivity contribution in [2.75, 3.05) is 14.1 Å². The minimum Gasteiger partial charge on any atom is -0.349 e. The molecule has 1 aromatic carbocycles. The van der Waals surface area contributed by atoms with Gasteiger partial charge in [-0.1, -0.05) is 12.1 Å². The van der Waals surface area contributed by atoms with Crippen LogP contribution in [0.15, 0.2) is 29.3 Å².